The molecule has 2 N–H and O–H groups in total. The molecule has 0 amide bonds. The summed E-state index contributed by atoms with van der Waals surface area (Å²) in [5.74, 6) is 0.140. The lowest BCUT2D eigenvalue weighted by Crippen LogP contribution is -1.99. The van der Waals surface area contributed by atoms with E-state index in [1.54, 1.807) is 6.21 Å². The van der Waals surface area contributed by atoms with E-state index < -0.39 is 0 Å². The molecule has 6 nitrogen and oxygen atoms in total. The fraction of sp³-hybridized carbons (Fsp3) is 0. The lowest BCUT2D eigenvalue weighted by molar-refractivity contribution is 0.700. The van der Waals surface area contributed by atoms with Gasteiger partial charge < -0.3 is 5.73 Å². The molecule has 86 valence electrons. The van der Waals surface area contributed by atoms with E-state index in [1.807, 2.05) is 36.4 Å². The Morgan fingerprint density at radius 3 is 2.76 bits per heavy atom. The van der Waals surface area contributed by atoms with Gasteiger partial charge in [0, 0.05) is 4.48 Å². The summed E-state index contributed by atoms with van der Waals surface area (Å²) in [6.45, 7) is 0. The summed E-state index contributed by atoms with van der Waals surface area (Å²) in [5, 5.41) is 14.4. The van der Waals surface area contributed by atoms with Crippen LogP contribution < -0.4 is 5.73 Å². The fourth-order valence-corrected chi connectivity index (χ4v) is 1.48. The first-order valence-corrected chi connectivity index (χ1v) is 5.55. The molecule has 17 heavy (non-hydrogen) atoms. The van der Waals surface area contributed by atoms with Crippen molar-refractivity contribution in [3.8, 4) is 0 Å². The van der Waals surface area contributed by atoms with Gasteiger partial charge in [-0.05, 0) is 38.0 Å². The zero-order valence-corrected chi connectivity index (χ0v) is 10.3. The van der Waals surface area contributed by atoms with Crippen molar-refractivity contribution in [2.24, 2.45) is 5.10 Å². The smallest absolute Gasteiger partial charge is 0.263 e. The second-order valence-corrected chi connectivity index (χ2v) is 4.03. The summed E-state index contributed by atoms with van der Waals surface area (Å²) in [4.78, 5) is 1.14. The van der Waals surface area contributed by atoms with Gasteiger partial charge in [0.15, 0.2) is 0 Å². The first-order valence-electron chi connectivity index (χ1n) is 4.76. The molecule has 2 aromatic rings. The topological polar surface area (TPSA) is 82.0 Å². The Kier molecular flexibility index (Phi) is 3.61. The highest BCUT2D eigenvalue weighted by Gasteiger charge is 1.96. The molecule has 0 aliphatic carbocycles. The Balaban J connectivity index is 2.12. The van der Waals surface area contributed by atoms with Gasteiger partial charge >= 0.3 is 0 Å². The van der Waals surface area contributed by atoms with E-state index in [4.69, 9.17) is 5.73 Å². The summed E-state index contributed by atoms with van der Waals surface area (Å²) in [7, 11) is 0. The van der Waals surface area contributed by atoms with Crippen molar-refractivity contribution in [1.82, 2.24) is 20.3 Å². The zero-order valence-electron chi connectivity index (χ0n) is 8.73. The summed E-state index contributed by atoms with van der Waals surface area (Å²) in [6.07, 6.45) is 3.49. The molecule has 0 aliphatic rings. The number of hydrogen-bond donors (Lipinski definition) is 1. The number of allylic oxidation sites excluding steroid dienone is 1. The van der Waals surface area contributed by atoms with Crippen molar-refractivity contribution in [1.29, 1.82) is 0 Å². The molecule has 1 aromatic heterocycles. The lowest BCUT2D eigenvalue weighted by atomic mass is 10.2. The fourth-order valence-electron chi connectivity index (χ4n) is 1.13. The molecular weight excluding hydrogens is 284 g/mol. The van der Waals surface area contributed by atoms with Crippen molar-refractivity contribution in [2.75, 3.05) is 5.73 Å². The standard InChI is InChI=1S/C10H9BrN6/c11-9(6-8-4-2-1-3-5-8)7-13-17-10(12)14-15-16-17/h1-7H,(H2,12,14,16)/b9-6-,13-7?. The molecular formula is C10H9BrN6. The van der Waals surface area contributed by atoms with Crippen molar-refractivity contribution < 1.29 is 0 Å². The van der Waals surface area contributed by atoms with E-state index in [-0.39, 0.29) is 5.95 Å². The zero-order chi connectivity index (χ0) is 12.1. The van der Waals surface area contributed by atoms with Crippen LogP contribution in [0.2, 0.25) is 0 Å². The minimum absolute atomic E-state index is 0.140. The maximum absolute atomic E-state index is 5.46. The monoisotopic (exact) mass is 292 g/mol. The second kappa shape index (κ2) is 5.35. The minimum atomic E-state index is 0.140. The number of anilines is 1. The maximum atomic E-state index is 5.46. The molecule has 7 heteroatoms. The number of nitrogen functional groups attached to an aromatic ring is 1. The normalized spacial score (nSPS) is 12.2. The van der Waals surface area contributed by atoms with E-state index in [0.717, 1.165) is 14.8 Å². The van der Waals surface area contributed by atoms with E-state index in [0.29, 0.717) is 0 Å². The number of aromatic nitrogens is 4. The van der Waals surface area contributed by atoms with Gasteiger partial charge in [0.2, 0.25) is 0 Å². The highest BCUT2D eigenvalue weighted by Crippen LogP contribution is 2.10. The summed E-state index contributed by atoms with van der Waals surface area (Å²) in [5.41, 5.74) is 6.52. The molecule has 0 spiro atoms. The van der Waals surface area contributed by atoms with Crippen LogP contribution in [0.15, 0.2) is 39.9 Å². The van der Waals surface area contributed by atoms with Crippen LogP contribution in [0.3, 0.4) is 0 Å². The van der Waals surface area contributed by atoms with Crippen molar-refractivity contribution in [3.63, 3.8) is 0 Å². The predicted octanol–water partition coefficient (Wildman–Crippen LogP) is 1.53. The highest BCUT2D eigenvalue weighted by molar-refractivity contribution is 9.12. The molecule has 0 radical (unpaired) electrons. The molecule has 0 atom stereocenters. The lowest BCUT2D eigenvalue weighted by Gasteiger charge is -1.93. The van der Waals surface area contributed by atoms with Gasteiger partial charge in [-0.25, -0.2) is 0 Å². The molecule has 1 heterocycles. The van der Waals surface area contributed by atoms with E-state index in [1.165, 1.54) is 0 Å². The van der Waals surface area contributed by atoms with Crippen LogP contribution in [0, 0.1) is 0 Å². The van der Waals surface area contributed by atoms with Gasteiger partial charge in [-0.15, -0.1) is 0 Å². The third-order valence-corrected chi connectivity index (χ3v) is 2.31. The van der Waals surface area contributed by atoms with Gasteiger partial charge in [0.25, 0.3) is 5.95 Å². The van der Waals surface area contributed by atoms with Crippen molar-refractivity contribution >= 4 is 34.2 Å². The molecule has 0 saturated carbocycles. The summed E-state index contributed by atoms with van der Waals surface area (Å²) in [6, 6.07) is 9.85. The van der Waals surface area contributed by atoms with Crippen LogP contribution >= 0.6 is 15.9 Å². The minimum Gasteiger partial charge on any atom is -0.365 e. The summed E-state index contributed by atoms with van der Waals surface area (Å²) >= 11 is 3.37. The van der Waals surface area contributed by atoms with Gasteiger partial charge in [-0.3, -0.25) is 0 Å². The largest absolute Gasteiger partial charge is 0.365 e. The third kappa shape index (κ3) is 3.22. The Bertz CT molecular complexity index is 545. The number of benzene rings is 1. The van der Waals surface area contributed by atoms with Crippen molar-refractivity contribution in [2.45, 2.75) is 0 Å². The average Bonchev–Trinajstić information content (AvgIpc) is 2.74. The molecule has 0 saturated heterocycles. The first-order chi connectivity index (χ1) is 8.25. The number of nitrogens with two attached hydrogens (primary N) is 1. The number of tetrazole rings is 1. The van der Waals surface area contributed by atoms with E-state index in [9.17, 15) is 0 Å². The molecule has 2 rings (SSSR count). The van der Waals surface area contributed by atoms with Crippen LogP contribution in [0.1, 0.15) is 5.56 Å². The van der Waals surface area contributed by atoms with Crippen LogP contribution in [0.25, 0.3) is 6.08 Å². The van der Waals surface area contributed by atoms with E-state index in [2.05, 4.69) is 36.6 Å². The second-order valence-electron chi connectivity index (χ2n) is 3.11. The Hall–Kier alpha value is -2.02. The Morgan fingerprint density at radius 2 is 2.12 bits per heavy atom. The highest BCUT2D eigenvalue weighted by atomic mass is 79.9. The number of hydrogen-bond acceptors (Lipinski definition) is 5. The Morgan fingerprint density at radius 1 is 1.35 bits per heavy atom. The first kappa shape index (κ1) is 11.5. The van der Waals surface area contributed by atoms with Crippen LogP contribution in [0.5, 0.6) is 0 Å². The third-order valence-electron chi connectivity index (χ3n) is 1.87. The SMILES string of the molecule is Nc1nnnn1N=C/C(Br)=C/c1ccccc1. The van der Waals surface area contributed by atoms with Crippen LogP contribution in [-0.2, 0) is 0 Å². The van der Waals surface area contributed by atoms with Gasteiger partial charge in [-0.1, -0.05) is 40.2 Å². The molecule has 1 aromatic carbocycles. The van der Waals surface area contributed by atoms with Crippen molar-refractivity contribution in [3.05, 3.63) is 40.4 Å². The van der Waals surface area contributed by atoms with Gasteiger partial charge in [-0.2, -0.15) is 5.10 Å². The van der Waals surface area contributed by atoms with Gasteiger partial charge in [0.1, 0.15) is 0 Å². The molecule has 0 unspecified atom stereocenters. The van der Waals surface area contributed by atoms with Crippen LogP contribution in [0.4, 0.5) is 5.95 Å². The molecule has 0 aliphatic heterocycles. The average molecular weight is 293 g/mol. The molecule has 0 bridgehead atoms. The Labute approximate surface area is 106 Å². The maximum Gasteiger partial charge on any atom is 0.263 e. The summed E-state index contributed by atoms with van der Waals surface area (Å²) < 4.78 is 0.790. The molecule has 0 fully saturated rings. The van der Waals surface area contributed by atoms with Crippen LogP contribution in [-0.4, -0.2) is 26.5 Å². The number of rotatable bonds is 3. The quantitative estimate of drug-likeness (QED) is 0.870. The van der Waals surface area contributed by atoms with Gasteiger partial charge in [0.05, 0.1) is 6.21 Å². The number of halogens is 1. The number of nitrogens with zero attached hydrogens (tertiary/aromatic N) is 5. The predicted molar refractivity (Wildman–Crippen MR) is 69.5 cm³/mol. The van der Waals surface area contributed by atoms with E-state index >= 15 is 0 Å².